The molecule has 0 radical (unpaired) electrons. The largest absolute Gasteiger partial charge is 0.344 e. The molecule has 0 aliphatic carbocycles. The fourth-order valence-electron chi connectivity index (χ4n) is 2.99. The molecule has 2 aromatic carbocycles. The Hall–Kier alpha value is -2.96. The Balaban J connectivity index is 1.52. The Morgan fingerprint density at radius 2 is 1.93 bits per heavy atom. The van der Waals surface area contributed by atoms with E-state index in [4.69, 9.17) is 11.6 Å². The summed E-state index contributed by atoms with van der Waals surface area (Å²) in [4.78, 5) is 33.0. The van der Waals surface area contributed by atoms with Crippen LogP contribution in [-0.2, 0) is 6.54 Å². The van der Waals surface area contributed by atoms with E-state index < -0.39 is 0 Å². The summed E-state index contributed by atoms with van der Waals surface area (Å²) in [6, 6.07) is 16.3. The first-order chi connectivity index (χ1) is 13.5. The van der Waals surface area contributed by atoms with Gasteiger partial charge in [-0.15, -0.1) is 11.3 Å². The normalized spacial score (nSPS) is 10.9. The van der Waals surface area contributed by atoms with E-state index >= 15 is 0 Å². The number of fused-ring (bicyclic) bond motifs is 1. The summed E-state index contributed by atoms with van der Waals surface area (Å²) < 4.78 is 0. The maximum absolute atomic E-state index is 12.5. The zero-order valence-corrected chi connectivity index (χ0v) is 16.5. The molecule has 7 heteroatoms. The highest BCUT2D eigenvalue weighted by Gasteiger charge is 2.13. The first kappa shape index (κ1) is 18.4. The molecule has 2 aromatic heterocycles. The van der Waals surface area contributed by atoms with E-state index in [9.17, 15) is 9.59 Å². The Kier molecular flexibility index (Phi) is 4.98. The number of aryl methyl sites for hydroxylation is 1. The minimum Gasteiger partial charge on any atom is -0.344 e. The molecule has 0 fully saturated rings. The highest BCUT2D eigenvalue weighted by atomic mass is 35.5. The number of pyridine rings is 1. The number of thiazole rings is 1. The number of benzene rings is 2. The average molecular weight is 410 g/mol. The maximum atomic E-state index is 12.5. The number of aromatic nitrogens is 2. The van der Waals surface area contributed by atoms with E-state index in [1.165, 1.54) is 11.3 Å². The molecule has 0 aliphatic rings. The van der Waals surface area contributed by atoms with Gasteiger partial charge in [-0.2, -0.15) is 0 Å². The second-order valence-corrected chi connectivity index (χ2v) is 8.03. The van der Waals surface area contributed by atoms with Crippen LogP contribution in [0, 0.1) is 6.92 Å². The van der Waals surface area contributed by atoms with Crippen LogP contribution in [0.1, 0.15) is 20.4 Å². The summed E-state index contributed by atoms with van der Waals surface area (Å²) >= 11 is 7.47. The number of hydrogen-bond acceptors (Lipinski definition) is 4. The number of carbonyl (C=O) groups is 1. The van der Waals surface area contributed by atoms with Gasteiger partial charge in [0.05, 0.1) is 12.2 Å². The van der Waals surface area contributed by atoms with Gasteiger partial charge in [0, 0.05) is 20.8 Å². The van der Waals surface area contributed by atoms with Crippen molar-refractivity contribution in [3.05, 3.63) is 85.6 Å². The smallest absolute Gasteiger partial charge is 0.268 e. The van der Waals surface area contributed by atoms with Crippen LogP contribution in [0.3, 0.4) is 0 Å². The lowest BCUT2D eigenvalue weighted by Crippen LogP contribution is -2.26. The molecule has 4 aromatic rings. The van der Waals surface area contributed by atoms with Gasteiger partial charge in [0.15, 0.2) is 0 Å². The van der Waals surface area contributed by atoms with Crippen LogP contribution < -0.4 is 10.9 Å². The number of nitrogens with one attached hydrogen (secondary N) is 2. The third-order valence-corrected chi connectivity index (χ3v) is 5.58. The molecule has 5 nitrogen and oxygen atoms in total. The quantitative estimate of drug-likeness (QED) is 0.519. The van der Waals surface area contributed by atoms with Gasteiger partial charge in [-0.05, 0) is 36.6 Å². The van der Waals surface area contributed by atoms with Gasteiger partial charge in [0.1, 0.15) is 10.7 Å². The van der Waals surface area contributed by atoms with Gasteiger partial charge in [-0.25, -0.2) is 4.98 Å². The van der Waals surface area contributed by atoms with Crippen LogP contribution in [-0.4, -0.2) is 15.9 Å². The van der Waals surface area contributed by atoms with Crippen molar-refractivity contribution in [3.8, 4) is 11.3 Å². The van der Waals surface area contributed by atoms with Gasteiger partial charge in [-0.1, -0.05) is 41.9 Å². The number of carbonyl (C=O) groups excluding carboxylic acids is 1. The molecule has 2 heterocycles. The fourth-order valence-corrected chi connectivity index (χ4v) is 4.01. The van der Waals surface area contributed by atoms with Crippen LogP contribution in [0.15, 0.2) is 59.4 Å². The predicted octanol–water partition coefficient (Wildman–Crippen LogP) is 4.54. The number of halogens is 1. The van der Waals surface area contributed by atoms with Crippen molar-refractivity contribution in [1.82, 2.24) is 15.3 Å². The summed E-state index contributed by atoms with van der Waals surface area (Å²) in [5.74, 6) is -0.344. The molecule has 0 aliphatic heterocycles. The second-order valence-electron chi connectivity index (χ2n) is 6.30. The van der Waals surface area contributed by atoms with Crippen molar-refractivity contribution in [2.45, 2.75) is 13.5 Å². The number of nitrogens with zero attached hydrogens (tertiary/aromatic N) is 1. The lowest BCUT2D eigenvalue weighted by molar-refractivity contribution is 0.0946. The Bertz CT molecular complexity index is 1230. The van der Waals surface area contributed by atoms with Crippen LogP contribution in [0.5, 0.6) is 0 Å². The molecule has 140 valence electrons. The molecule has 0 saturated heterocycles. The Morgan fingerprint density at radius 3 is 2.71 bits per heavy atom. The zero-order chi connectivity index (χ0) is 19.7. The molecular weight excluding hydrogens is 394 g/mol. The van der Waals surface area contributed by atoms with Gasteiger partial charge in [-0.3, -0.25) is 9.59 Å². The lowest BCUT2D eigenvalue weighted by Gasteiger charge is -2.05. The van der Waals surface area contributed by atoms with Gasteiger partial charge in [0.2, 0.25) is 0 Å². The standard InChI is InChI=1S/C21H16ClN3O2S/c1-12-19(13-6-8-15(22)9-7-13)25-18(28-12)11-23-21(27)17-10-14-4-2-3-5-16(14)20(26)24-17/h2-10H,11H2,1H3,(H,23,27)(H,24,26). The van der Waals surface area contributed by atoms with E-state index in [1.807, 2.05) is 43.3 Å². The van der Waals surface area contributed by atoms with Crippen LogP contribution >= 0.6 is 22.9 Å². The van der Waals surface area contributed by atoms with Crippen molar-refractivity contribution in [2.24, 2.45) is 0 Å². The number of aromatic amines is 1. The average Bonchev–Trinajstić information content (AvgIpc) is 3.07. The molecule has 0 spiro atoms. The topological polar surface area (TPSA) is 74.8 Å². The molecule has 0 atom stereocenters. The molecule has 1 amide bonds. The number of rotatable bonds is 4. The monoisotopic (exact) mass is 409 g/mol. The minimum atomic E-state index is -0.344. The first-order valence-corrected chi connectivity index (χ1v) is 9.83. The van der Waals surface area contributed by atoms with E-state index in [-0.39, 0.29) is 23.7 Å². The van der Waals surface area contributed by atoms with Gasteiger partial charge >= 0.3 is 0 Å². The third-order valence-electron chi connectivity index (χ3n) is 4.36. The van der Waals surface area contributed by atoms with Gasteiger partial charge < -0.3 is 10.3 Å². The molecule has 0 bridgehead atoms. The minimum absolute atomic E-state index is 0.231. The summed E-state index contributed by atoms with van der Waals surface area (Å²) in [7, 11) is 0. The predicted molar refractivity (Wildman–Crippen MR) is 113 cm³/mol. The fraction of sp³-hybridized carbons (Fsp3) is 0.0952. The number of amides is 1. The molecule has 28 heavy (non-hydrogen) atoms. The molecule has 0 saturated carbocycles. The SMILES string of the molecule is Cc1sc(CNC(=O)c2cc3ccccc3c(=O)[nH]2)nc1-c1ccc(Cl)cc1. The van der Waals surface area contributed by atoms with E-state index in [2.05, 4.69) is 15.3 Å². The Labute approximate surface area is 170 Å². The summed E-state index contributed by atoms with van der Waals surface area (Å²) in [5.41, 5.74) is 1.81. The lowest BCUT2D eigenvalue weighted by atomic mass is 10.1. The van der Waals surface area contributed by atoms with Crippen molar-refractivity contribution in [1.29, 1.82) is 0 Å². The Morgan fingerprint density at radius 1 is 1.18 bits per heavy atom. The molecule has 4 rings (SSSR count). The number of H-pyrrole nitrogens is 1. The molecule has 2 N–H and O–H groups in total. The maximum Gasteiger partial charge on any atom is 0.268 e. The van der Waals surface area contributed by atoms with Crippen molar-refractivity contribution in [2.75, 3.05) is 0 Å². The van der Waals surface area contributed by atoms with Crippen LogP contribution in [0.4, 0.5) is 0 Å². The highest BCUT2D eigenvalue weighted by Crippen LogP contribution is 2.28. The van der Waals surface area contributed by atoms with Crippen molar-refractivity contribution in [3.63, 3.8) is 0 Å². The number of hydrogen-bond donors (Lipinski definition) is 2. The molecule has 0 unspecified atom stereocenters. The van der Waals surface area contributed by atoms with Crippen molar-refractivity contribution < 1.29 is 4.79 Å². The first-order valence-electron chi connectivity index (χ1n) is 8.64. The second kappa shape index (κ2) is 7.58. The van der Waals surface area contributed by atoms with E-state index in [0.29, 0.717) is 10.4 Å². The molecular formula is C21H16ClN3O2S. The summed E-state index contributed by atoms with van der Waals surface area (Å²) in [6.07, 6.45) is 0. The van der Waals surface area contributed by atoms with Crippen LogP contribution in [0.2, 0.25) is 5.02 Å². The summed E-state index contributed by atoms with van der Waals surface area (Å²) in [6.45, 7) is 2.28. The van der Waals surface area contributed by atoms with Gasteiger partial charge in [0.25, 0.3) is 11.5 Å². The zero-order valence-electron chi connectivity index (χ0n) is 15.0. The van der Waals surface area contributed by atoms with E-state index in [0.717, 1.165) is 26.5 Å². The van der Waals surface area contributed by atoms with E-state index in [1.54, 1.807) is 18.2 Å². The van der Waals surface area contributed by atoms with Crippen molar-refractivity contribution >= 4 is 39.6 Å². The summed E-state index contributed by atoms with van der Waals surface area (Å²) in [5, 5.41) is 5.58. The van der Waals surface area contributed by atoms with Crippen LogP contribution in [0.25, 0.3) is 22.0 Å². The highest BCUT2D eigenvalue weighted by molar-refractivity contribution is 7.12. The third kappa shape index (κ3) is 3.69.